The Hall–Kier alpha value is -6.00. The number of hydrogen-bond donors (Lipinski definition) is 0. The van der Waals surface area contributed by atoms with Gasteiger partial charge in [0, 0.05) is 51.7 Å². The maximum Gasteiger partial charge on any atom is 0.0555 e. The van der Waals surface area contributed by atoms with E-state index in [9.17, 15) is 0 Å². The van der Waals surface area contributed by atoms with Crippen LogP contribution in [0.25, 0.3) is 73.7 Å². The highest BCUT2D eigenvalue weighted by Gasteiger charge is 2.21. The summed E-state index contributed by atoms with van der Waals surface area (Å²) < 4.78 is 5.26. The van der Waals surface area contributed by atoms with E-state index >= 15 is 0 Å². The van der Waals surface area contributed by atoms with Crippen LogP contribution in [-0.4, -0.2) is 0 Å². The second-order valence-electron chi connectivity index (χ2n) is 12.9. The molecular weight excluding hydrogens is 655 g/mol. The minimum absolute atomic E-state index is 1.12. The molecule has 0 radical (unpaired) electrons. The fraction of sp³-hybridized carbons (Fsp3) is 0. The molecule has 8 aromatic carbocycles. The van der Waals surface area contributed by atoms with Crippen molar-refractivity contribution < 1.29 is 0 Å². The highest BCUT2D eigenvalue weighted by Crippen LogP contribution is 2.48. The summed E-state index contributed by atoms with van der Waals surface area (Å²) in [4.78, 5) is 2.42. The molecule has 0 saturated carbocycles. The van der Waals surface area contributed by atoms with Crippen LogP contribution < -0.4 is 4.90 Å². The Morgan fingerprint density at radius 3 is 1.71 bits per heavy atom. The smallest absolute Gasteiger partial charge is 0.0555 e. The molecule has 0 unspecified atom stereocenters. The second-order valence-corrected chi connectivity index (χ2v) is 15.0. The van der Waals surface area contributed by atoms with Gasteiger partial charge in [-0.15, -0.1) is 22.7 Å². The maximum absolute atomic E-state index is 2.42. The van der Waals surface area contributed by atoms with Crippen LogP contribution in [0.3, 0.4) is 0 Å². The number of hydrogen-bond acceptors (Lipinski definition) is 3. The summed E-state index contributed by atoms with van der Waals surface area (Å²) in [5.74, 6) is 0. The first-order chi connectivity index (χ1) is 25.3. The van der Waals surface area contributed by atoms with Crippen LogP contribution in [-0.2, 0) is 0 Å². The molecule has 0 amide bonds. The van der Waals surface area contributed by atoms with E-state index in [0.29, 0.717) is 0 Å². The first kappa shape index (κ1) is 29.9. The van der Waals surface area contributed by atoms with Crippen molar-refractivity contribution in [2.75, 3.05) is 4.90 Å². The van der Waals surface area contributed by atoms with Gasteiger partial charge in [-0.05, 0) is 88.0 Å². The normalized spacial score (nSPS) is 11.5. The predicted molar refractivity (Wildman–Crippen MR) is 223 cm³/mol. The third kappa shape index (κ3) is 5.13. The van der Waals surface area contributed by atoms with Crippen molar-refractivity contribution in [2.45, 2.75) is 0 Å². The van der Waals surface area contributed by atoms with Gasteiger partial charge >= 0.3 is 0 Å². The van der Waals surface area contributed by atoms with E-state index in [0.717, 1.165) is 11.4 Å². The fourth-order valence-electron chi connectivity index (χ4n) is 7.53. The molecule has 0 fully saturated rings. The lowest BCUT2D eigenvalue weighted by atomic mass is 9.96. The van der Waals surface area contributed by atoms with Crippen LogP contribution in [0, 0.1) is 0 Å². The third-order valence-electron chi connectivity index (χ3n) is 9.88. The van der Waals surface area contributed by atoms with E-state index in [1.165, 1.54) is 79.4 Å². The first-order valence-corrected chi connectivity index (χ1v) is 18.9. The quantitative estimate of drug-likeness (QED) is 0.168. The summed E-state index contributed by atoms with van der Waals surface area (Å²) in [6.45, 7) is 0. The van der Waals surface area contributed by atoms with E-state index in [4.69, 9.17) is 0 Å². The van der Waals surface area contributed by atoms with E-state index in [2.05, 4.69) is 193 Å². The van der Waals surface area contributed by atoms with Crippen molar-refractivity contribution >= 4 is 80.1 Å². The van der Waals surface area contributed by atoms with Gasteiger partial charge in [0.1, 0.15) is 0 Å². The SMILES string of the molecule is c1ccc(-c2ccc(N(c3ccccc3)c3ccc(-c4cccc(-c5cccc6sc7ccccc7c56)c4)cc3)c3c2sc2ccccc23)cc1. The minimum Gasteiger partial charge on any atom is -0.310 e. The Kier molecular flexibility index (Phi) is 7.26. The topological polar surface area (TPSA) is 3.24 Å². The van der Waals surface area contributed by atoms with Gasteiger partial charge in [0.15, 0.2) is 0 Å². The van der Waals surface area contributed by atoms with Gasteiger partial charge in [-0.2, -0.15) is 0 Å². The Morgan fingerprint density at radius 2 is 0.922 bits per heavy atom. The number of benzene rings is 8. The lowest BCUT2D eigenvalue weighted by molar-refractivity contribution is 1.30. The summed E-state index contributed by atoms with van der Waals surface area (Å²) in [6.07, 6.45) is 0. The van der Waals surface area contributed by atoms with Gasteiger partial charge in [-0.1, -0.05) is 133 Å². The molecular formula is C48H31NS2. The number of para-hydroxylation sites is 1. The maximum atomic E-state index is 2.42. The number of anilines is 3. The minimum atomic E-state index is 1.12. The zero-order chi connectivity index (χ0) is 33.7. The van der Waals surface area contributed by atoms with E-state index in [-0.39, 0.29) is 0 Å². The molecule has 0 saturated heterocycles. The zero-order valence-electron chi connectivity index (χ0n) is 27.7. The van der Waals surface area contributed by atoms with Crippen LogP contribution in [0.1, 0.15) is 0 Å². The van der Waals surface area contributed by atoms with E-state index < -0.39 is 0 Å². The van der Waals surface area contributed by atoms with Crippen LogP contribution in [0.4, 0.5) is 17.1 Å². The molecule has 0 N–H and O–H groups in total. The summed E-state index contributed by atoms with van der Waals surface area (Å²) in [5, 5.41) is 5.24. The van der Waals surface area contributed by atoms with Gasteiger partial charge in [0.25, 0.3) is 0 Å². The lowest BCUT2D eigenvalue weighted by Crippen LogP contribution is -2.10. The molecule has 0 aliphatic rings. The lowest BCUT2D eigenvalue weighted by Gasteiger charge is -2.27. The molecule has 0 bridgehead atoms. The van der Waals surface area contributed by atoms with Crippen molar-refractivity contribution in [3.05, 3.63) is 188 Å². The van der Waals surface area contributed by atoms with Crippen LogP contribution in [0.2, 0.25) is 0 Å². The average Bonchev–Trinajstić information content (AvgIpc) is 3.79. The molecule has 2 aromatic heterocycles. The molecule has 3 heteroatoms. The zero-order valence-corrected chi connectivity index (χ0v) is 29.3. The predicted octanol–water partition coefficient (Wildman–Crippen LogP) is 14.9. The van der Waals surface area contributed by atoms with Gasteiger partial charge in [-0.3, -0.25) is 0 Å². The molecule has 10 aromatic rings. The van der Waals surface area contributed by atoms with Gasteiger partial charge in [0.2, 0.25) is 0 Å². The van der Waals surface area contributed by atoms with E-state index in [1.54, 1.807) is 0 Å². The third-order valence-corrected chi connectivity index (χ3v) is 12.2. The Labute approximate surface area is 304 Å². The van der Waals surface area contributed by atoms with Crippen molar-refractivity contribution in [2.24, 2.45) is 0 Å². The summed E-state index contributed by atoms with van der Waals surface area (Å²) in [7, 11) is 0. The van der Waals surface area contributed by atoms with Gasteiger partial charge in [-0.25, -0.2) is 0 Å². The molecule has 0 atom stereocenters. The van der Waals surface area contributed by atoms with E-state index in [1.807, 2.05) is 22.7 Å². The molecule has 0 aliphatic carbocycles. The second kappa shape index (κ2) is 12.4. The number of nitrogens with zero attached hydrogens (tertiary/aromatic N) is 1. The Bertz CT molecular complexity index is 2850. The highest BCUT2D eigenvalue weighted by atomic mass is 32.1. The summed E-state index contributed by atoms with van der Waals surface area (Å²) in [6, 6.07) is 68.5. The molecule has 240 valence electrons. The fourth-order valence-corrected chi connectivity index (χ4v) is 9.92. The largest absolute Gasteiger partial charge is 0.310 e. The summed E-state index contributed by atoms with van der Waals surface area (Å²) in [5.41, 5.74) is 10.9. The first-order valence-electron chi connectivity index (χ1n) is 17.3. The van der Waals surface area contributed by atoms with Crippen LogP contribution >= 0.6 is 22.7 Å². The highest BCUT2D eigenvalue weighted by molar-refractivity contribution is 7.26. The number of thiophene rings is 2. The van der Waals surface area contributed by atoms with Crippen molar-refractivity contribution in [1.82, 2.24) is 0 Å². The molecule has 1 nitrogen and oxygen atoms in total. The standard InChI is InChI=1S/C48H31NS2/c1-3-13-33(14-4-1)39-29-30-42(47-41-20-8-10-23-44(41)51-48(39)47)49(36-17-5-2-6-18-36)37-27-25-32(26-28-37)34-15-11-16-35(31-34)38-21-12-24-45-46(38)40-19-7-9-22-43(40)50-45/h1-31H. The van der Waals surface area contributed by atoms with Crippen molar-refractivity contribution in [3.8, 4) is 33.4 Å². The molecule has 51 heavy (non-hydrogen) atoms. The van der Waals surface area contributed by atoms with Gasteiger partial charge < -0.3 is 4.90 Å². The molecule has 10 rings (SSSR count). The van der Waals surface area contributed by atoms with Crippen LogP contribution in [0.15, 0.2) is 188 Å². The van der Waals surface area contributed by atoms with Crippen LogP contribution in [0.5, 0.6) is 0 Å². The van der Waals surface area contributed by atoms with Gasteiger partial charge in [0.05, 0.1) is 5.69 Å². The number of fused-ring (bicyclic) bond motifs is 6. The monoisotopic (exact) mass is 685 g/mol. The number of rotatable bonds is 6. The Morgan fingerprint density at radius 1 is 0.333 bits per heavy atom. The Balaban J connectivity index is 1.10. The summed E-state index contributed by atoms with van der Waals surface area (Å²) >= 11 is 3.75. The molecule has 0 aliphatic heterocycles. The average molecular weight is 686 g/mol. The van der Waals surface area contributed by atoms with Crippen molar-refractivity contribution in [3.63, 3.8) is 0 Å². The molecule has 0 spiro atoms. The van der Waals surface area contributed by atoms with Crippen molar-refractivity contribution in [1.29, 1.82) is 0 Å². The molecule has 2 heterocycles.